The second-order valence-electron chi connectivity index (χ2n) is 3.46. The highest BCUT2D eigenvalue weighted by molar-refractivity contribution is 5.07. The molecule has 84 valence electrons. The van der Waals surface area contributed by atoms with Crippen molar-refractivity contribution in [2.75, 3.05) is 6.54 Å². The van der Waals surface area contributed by atoms with Crippen molar-refractivity contribution in [1.82, 2.24) is 15.3 Å². The summed E-state index contributed by atoms with van der Waals surface area (Å²) in [5.41, 5.74) is 0.938. The van der Waals surface area contributed by atoms with Gasteiger partial charge in [0.15, 0.2) is 0 Å². The van der Waals surface area contributed by atoms with Crippen LogP contribution in [0.1, 0.15) is 32.9 Å². The first kappa shape index (κ1) is 11.9. The maximum absolute atomic E-state index is 5.53. The Morgan fingerprint density at radius 2 is 2.13 bits per heavy atom. The van der Waals surface area contributed by atoms with E-state index in [1.807, 2.05) is 6.92 Å². The molecule has 0 bridgehead atoms. The largest absolute Gasteiger partial charge is 0.474 e. The minimum absolute atomic E-state index is 0.193. The van der Waals surface area contributed by atoms with Gasteiger partial charge in [-0.15, -0.1) is 0 Å². The number of aromatic nitrogens is 2. The number of hydrogen-bond acceptors (Lipinski definition) is 4. The smallest absolute Gasteiger partial charge is 0.232 e. The van der Waals surface area contributed by atoms with Gasteiger partial charge in [-0.2, -0.15) is 0 Å². The second-order valence-corrected chi connectivity index (χ2v) is 3.46. The fourth-order valence-electron chi connectivity index (χ4n) is 1.04. The van der Waals surface area contributed by atoms with E-state index >= 15 is 0 Å². The first-order valence-corrected chi connectivity index (χ1v) is 5.44. The Kier molecular flexibility index (Phi) is 5.04. The summed E-state index contributed by atoms with van der Waals surface area (Å²) in [7, 11) is 0. The zero-order valence-electron chi connectivity index (χ0n) is 9.66. The van der Waals surface area contributed by atoms with E-state index < -0.39 is 0 Å². The summed E-state index contributed by atoms with van der Waals surface area (Å²) in [5, 5.41) is 3.19. The van der Waals surface area contributed by atoms with Crippen LogP contribution in [0.25, 0.3) is 0 Å². The van der Waals surface area contributed by atoms with Crippen molar-refractivity contribution < 1.29 is 4.74 Å². The number of hydrogen-bond donors (Lipinski definition) is 1. The van der Waals surface area contributed by atoms with Crippen LogP contribution < -0.4 is 10.1 Å². The molecule has 0 aliphatic rings. The maximum Gasteiger partial charge on any atom is 0.232 e. The molecule has 0 saturated carbocycles. The molecule has 0 radical (unpaired) electrons. The van der Waals surface area contributed by atoms with Crippen LogP contribution in [0, 0.1) is 0 Å². The number of rotatable bonds is 6. The van der Waals surface area contributed by atoms with E-state index in [-0.39, 0.29) is 6.10 Å². The fourth-order valence-corrected chi connectivity index (χ4v) is 1.04. The Morgan fingerprint density at radius 3 is 2.67 bits per heavy atom. The molecule has 0 spiro atoms. The molecule has 1 atom stereocenters. The highest BCUT2D eigenvalue weighted by atomic mass is 16.5. The van der Waals surface area contributed by atoms with Gasteiger partial charge in [-0.25, -0.2) is 4.98 Å². The quantitative estimate of drug-likeness (QED) is 0.775. The van der Waals surface area contributed by atoms with E-state index in [0.717, 1.165) is 25.2 Å². The standard InChI is InChI=1S/C11H19N3O/c1-4-9(3)15-11-8-13-10(7-14-11)6-12-5-2/h7-9,12H,4-6H2,1-3H3. The predicted octanol–water partition coefficient (Wildman–Crippen LogP) is 1.76. The van der Waals surface area contributed by atoms with Gasteiger partial charge in [0, 0.05) is 6.54 Å². The lowest BCUT2D eigenvalue weighted by molar-refractivity contribution is 0.207. The van der Waals surface area contributed by atoms with Crippen molar-refractivity contribution in [3.05, 3.63) is 18.1 Å². The minimum atomic E-state index is 0.193. The molecule has 15 heavy (non-hydrogen) atoms. The van der Waals surface area contributed by atoms with Crippen LogP contribution in [-0.2, 0) is 6.54 Å². The Hall–Kier alpha value is -1.16. The van der Waals surface area contributed by atoms with Crippen molar-refractivity contribution in [3.8, 4) is 5.88 Å². The van der Waals surface area contributed by atoms with Crippen LogP contribution in [0.5, 0.6) is 5.88 Å². The van der Waals surface area contributed by atoms with E-state index in [1.165, 1.54) is 0 Å². The van der Waals surface area contributed by atoms with Crippen LogP contribution in [0.3, 0.4) is 0 Å². The van der Waals surface area contributed by atoms with Gasteiger partial charge in [0.1, 0.15) is 0 Å². The Balaban J connectivity index is 2.48. The van der Waals surface area contributed by atoms with Gasteiger partial charge < -0.3 is 10.1 Å². The summed E-state index contributed by atoms with van der Waals surface area (Å²) in [4.78, 5) is 8.45. The lowest BCUT2D eigenvalue weighted by Crippen LogP contribution is -2.14. The van der Waals surface area contributed by atoms with Crippen LogP contribution in [0.2, 0.25) is 0 Å². The molecule has 0 fully saturated rings. The molecule has 4 heteroatoms. The highest BCUT2D eigenvalue weighted by Crippen LogP contribution is 2.07. The molecule has 0 aromatic carbocycles. The van der Waals surface area contributed by atoms with Crippen LogP contribution in [-0.4, -0.2) is 22.6 Å². The van der Waals surface area contributed by atoms with Gasteiger partial charge in [0.2, 0.25) is 5.88 Å². The third kappa shape index (κ3) is 4.25. The van der Waals surface area contributed by atoms with Crippen LogP contribution in [0.4, 0.5) is 0 Å². The molecular weight excluding hydrogens is 190 g/mol. The maximum atomic E-state index is 5.53. The molecule has 0 aliphatic heterocycles. The van der Waals surface area contributed by atoms with E-state index in [1.54, 1.807) is 12.4 Å². The predicted molar refractivity (Wildman–Crippen MR) is 59.8 cm³/mol. The van der Waals surface area contributed by atoms with Gasteiger partial charge in [-0.3, -0.25) is 4.98 Å². The Morgan fingerprint density at radius 1 is 1.33 bits per heavy atom. The summed E-state index contributed by atoms with van der Waals surface area (Å²) in [5.74, 6) is 0.601. The zero-order valence-corrected chi connectivity index (χ0v) is 9.66. The summed E-state index contributed by atoms with van der Waals surface area (Å²) in [6, 6.07) is 0. The summed E-state index contributed by atoms with van der Waals surface area (Å²) in [6.45, 7) is 7.86. The first-order valence-electron chi connectivity index (χ1n) is 5.44. The van der Waals surface area contributed by atoms with E-state index in [0.29, 0.717) is 5.88 Å². The van der Waals surface area contributed by atoms with Gasteiger partial charge in [-0.05, 0) is 19.9 Å². The highest BCUT2D eigenvalue weighted by Gasteiger charge is 2.02. The summed E-state index contributed by atoms with van der Waals surface area (Å²) in [6.07, 6.45) is 4.60. The number of nitrogens with zero attached hydrogens (tertiary/aromatic N) is 2. The molecule has 0 amide bonds. The monoisotopic (exact) mass is 209 g/mol. The molecule has 1 aromatic heterocycles. The van der Waals surface area contributed by atoms with E-state index in [4.69, 9.17) is 4.74 Å². The summed E-state index contributed by atoms with van der Waals surface area (Å²) >= 11 is 0. The van der Waals surface area contributed by atoms with Crippen LogP contribution >= 0.6 is 0 Å². The Labute approximate surface area is 91.1 Å². The van der Waals surface area contributed by atoms with E-state index in [9.17, 15) is 0 Å². The van der Waals surface area contributed by atoms with Crippen molar-refractivity contribution in [2.45, 2.75) is 39.8 Å². The second kappa shape index (κ2) is 6.35. The lowest BCUT2D eigenvalue weighted by Gasteiger charge is -2.11. The normalized spacial score (nSPS) is 12.5. The summed E-state index contributed by atoms with van der Waals surface area (Å²) < 4.78 is 5.53. The molecule has 1 unspecified atom stereocenters. The topological polar surface area (TPSA) is 47.0 Å². The average Bonchev–Trinajstić information content (AvgIpc) is 2.28. The zero-order chi connectivity index (χ0) is 11.1. The molecule has 1 heterocycles. The SMILES string of the molecule is CCNCc1cnc(OC(C)CC)cn1. The molecule has 0 aliphatic carbocycles. The molecule has 1 aromatic rings. The minimum Gasteiger partial charge on any atom is -0.474 e. The fraction of sp³-hybridized carbons (Fsp3) is 0.636. The van der Waals surface area contributed by atoms with Crippen molar-refractivity contribution in [3.63, 3.8) is 0 Å². The van der Waals surface area contributed by atoms with Gasteiger partial charge >= 0.3 is 0 Å². The molecular formula is C11H19N3O. The third-order valence-electron chi connectivity index (χ3n) is 2.13. The average molecular weight is 209 g/mol. The van der Waals surface area contributed by atoms with E-state index in [2.05, 4.69) is 29.1 Å². The Bertz CT molecular complexity index is 274. The molecule has 1 rings (SSSR count). The molecule has 4 nitrogen and oxygen atoms in total. The first-order chi connectivity index (χ1) is 7.26. The van der Waals surface area contributed by atoms with Crippen molar-refractivity contribution in [1.29, 1.82) is 0 Å². The number of ether oxygens (including phenoxy) is 1. The van der Waals surface area contributed by atoms with Crippen LogP contribution in [0.15, 0.2) is 12.4 Å². The lowest BCUT2D eigenvalue weighted by atomic mass is 10.3. The molecule has 1 N–H and O–H groups in total. The van der Waals surface area contributed by atoms with Gasteiger partial charge in [0.05, 0.1) is 24.2 Å². The molecule has 0 saturated heterocycles. The van der Waals surface area contributed by atoms with Crippen molar-refractivity contribution >= 4 is 0 Å². The van der Waals surface area contributed by atoms with Gasteiger partial charge in [-0.1, -0.05) is 13.8 Å². The third-order valence-corrected chi connectivity index (χ3v) is 2.13. The van der Waals surface area contributed by atoms with Gasteiger partial charge in [0.25, 0.3) is 0 Å². The number of nitrogens with one attached hydrogen (secondary N) is 1. The van der Waals surface area contributed by atoms with Crippen molar-refractivity contribution in [2.24, 2.45) is 0 Å².